The third-order valence-electron chi connectivity index (χ3n) is 6.45. The highest BCUT2D eigenvalue weighted by molar-refractivity contribution is 7.92. The number of sulfonamides is 1. The molecule has 7 heteroatoms. The van der Waals surface area contributed by atoms with Crippen LogP contribution in [0.5, 0.6) is 11.5 Å². The summed E-state index contributed by atoms with van der Waals surface area (Å²) in [6, 6.07) is 20.9. The molecule has 0 amide bonds. The van der Waals surface area contributed by atoms with Crippen molar-refractivity contribution in [2.24, 2.45) is 5.92 Å². The first-order valence-electron chi connectivity index (χ1n) is 10.9. The number of anilines is 2. The molecule has 0 spiro atoms. The minimum Gasteiger partial charge on any atom is -0.497 e. The third-order valence-corrected chi connectivity index (χ3v) is 7.82. The van der Waals surface area contributed by atoms with Gasteiger partial charge in [0.05, 0.1) is 30.8 Å². The Labute approximate surface area is 194 Å². The zero-order valence-corrected chi connectivity index (χ0v) is 19.3. The highest BCUT2D eigenvalue weighted by Gasteiger charge is 2.38. The average Bonchev–Trinajstić information content (AvgIpc) is 3.34. The fraction of sp³-hybridized carbons (Fsp3) is 0.231. The summed E-state index contributed by atoms with van der Waals surface area (Å²) < 4.78 is 39.8. The average molecular weight is 463 g/mol. The second-order valence-corrected chi connectivity index (χ2v) is 9.99. The topological polar surface area (TPSA) is 76.7 Å². The normalized spacial score (nSPS) is 21.0. The molecule has 3 aromatic rings. The summed E-state index contributed by atoms with van der Waals surface area (Å²) in [6.07, 6.45) is 5.35. The number of rotatable bonds is 6. The minimum atomic E-state index is -3.84. The summed E-state index contributed by atoms with van der Waals surface area (Å²) in [7, 11) is -0.804. The summed E-state index contributed by atoms with van der Waals surface area (Å²) in [5.74, 6) is 1.45. The molecule has 0 bridgehead atoms. The van der Waals surface area contributed by atoms with Gasteiger partial charge in [-0.3, -0.25) is 4.72 Å². The van der Waals surface area contributed by atoms with Crippen molar-refractivity contribution >= 4 is 21.4 Å². The standard InChI is InChI=1S/C26H26N2O4S/c1-31-18-11-14-25(32-2)24(15-18)28-33(29,30)19-12-13-23-22(16-19)20-9-6-10-21(20)26(27-23)17-7-4-3-5-8-17/h3-9,11-16,20-21,26-28H,10H2,1-2H3/t20-,21+,26+/m0/s1. The van der Waals surface area contributed by atoms with Crippen LogP contribution in [0, 0.1) is 5.92 Å². The molecule has 0 radical (unpaired) electrons. The van der Waals surface area contributed by atoms with E-state index >= 15 is 0 Å². The molecule has 1 heterocycles. The maximum atomic E-state index is 13.3. The van der Waals surface area contributed by atoms with E-state index in [4.69, 9.17) is 9.47 Å². The summed E-state index contributed by atoms with van der Waals surface area (Å²) in [6.45, 7) is 0. The molecule has 170 valence electrons. The number of hydrogen-bond donors (Lipinski definition) is 2. The molecule has 3 aromatic carbocycles. The van der Waals surface area contributed by atoms with Gasteiger partial charge < -0.3 is 14.8 Å². The molecule has 6 nitrogen and oxygen atoms in total. The van der Waals surface area contributed by atoms with Gasteiger partial charge in [0.2, 0.25) is 0 Å². The molecule has 5 rings (SSSR count). The number of methoxy groups -OCH3 is 2. The van der Waals surface area contributed by atoms with E-state index < -0.39 is 10.0 Å². The number of nitrogens with one attached hydrogen (secondary N) is 2. The zero-order valence-electron chi connectivity index (χ0n) is 18.5. The van der Waals surface area contributed by atoms with Crippen LogP contribution in [-0.4, -0.2) is 22.6 Å². The van der Waals surface area contributed by atoms with Gasteiger partial charge in [0.15, 0.2) is 0 Å². The van der Waals surface area contributed by atoms with Gasteiger partial charge in [-0.1, -0.05) is 42.5 Å². The first-order chi connectivity index (χ1) is 16.0. The zero-order chi connectivity index (χ0) is 23.0. The first-order valence-corrected chi connectivity index (χ1v) is 12.4. The van der Waals surface area contributed by atoms with Crippen LogP contribution < -0.4 is 19.5 Å². The van der Waals surface area contributed by atoms with Gasteiger partial charge >= 0.3 is 0 Å². The number of hydrogen-bond acceptors (Lipinski definition) is 5. The molecule has 2 N–H and O–H groups in total. The van der Waals surface area contributed by atoms with Gasteiger partial charge in [-0.05, 0) is 53.8 Å². The Kier molecular flexibility index (Phi) is 5.50. The van der Waals surface area contributed by atoms with Crippen LogP contribution in [0.15, 0.2) is 83.8 Å². The summed E-state index contributed by atoms with van der Waals surface area (Å²) in [5, 5.41) is 3.65. The van der Waals surface area contributed by atoms with Crippen LogP contribution in [0.3, 0.4) is 0 Å². The Morgan fingerprint density at radius 3 is 2.55 bits per heavy atom. The van der Waals surface area contributed by atoms with E-state index in [1.54, 1.807) is 30.3 Å². The van der Waals surface area contributed by atoms with Gasteiger partial charge in [0.1, 0.15) is 11.5 Å². The molecule has 1 aliphatic heterocycles. The fourth-order valence-electron chi connectivity index (χ4n) is 4.83. The maximum Gasteiger partial charge on any atom is 0.262 e. The molecule has 0 saturated carbocycles. The van der Waals surface area contributed by atoms with Crippen LogP contribution in [0.2, 0.25) is 0 Å². The van der Waals surface area contributed by atoms with E-state index in [1.165, 1.54) is 19.8 Å². The fourth-order valence-corrected chi connectivity index (χ4v) is 5.92. The minimum absolute atomic E-state index is 0.160. The van der Waals surface area contributed by atoms with Crippen molar-refractivity contribution in [1.82, 2.24) is 0 Å². The first kappa shape index (κ1) is 21.4. The van der Waals surface area contributed by atoms with Crippen molar-refractivity contribution in [3.05, 3.63) is 90.0 Å². The van der Waals surface area contributed by atoms with Crippen LogP contribution in [0.4, 0.5) is 11.4 Å². The van der Waals surface area contributed by atoms with Gasteiger partial charge in [0.25, 0.3) is 10.0 Å². The molecule has 2 aliphatic rings. The highest BCUT2D eigenvalue weighted by atomic mass is 32.2. The summed E-state index contributed by atoms with van der Waals surface area (Å²) in [4.78, 5) is 0.213. The number of ether oxygens (including phenoxy) is 2. The van der Waals surface area contributed by atoms with E-state index in [0.717, 1.165) is 17.7 Å². The van der Waals surface area contributed by atoms with Gasteiger partial charge in [-0.15, -0.1) is 0 Å². The van der Waals surface area contributed by atoms with Crippen molar-refractivity contribution in [3.63, 3.8) is 0 Å². The molecule has 0 fully saturated rings. The molecule has 0 aromatic heterocycles. The molecular weight excluding hydrogens is 436 g/mol. The van der Waals surface area contributed by atoms with Crippen molar-refractivity contribution in [2.75, 3.05) is 24.3 Å². The largest absolute Gasteiger partial charge is 0.497 e. The second kappa shape index (κ2) is 8.48. The van der Waals surface area contributed by atoms with E-state index in [1.807, 2.05) is 12.1 Å². The predicted octanol–water partition coefficient (Wildman–Crippen LogP) is 5.33. The van der Waals surface area contributed by atoms with Crippen molar-refractivity contribution < 1.29 is 17.9 Å². The lowest BCUT2D eigenvalue weighted by Gasteiger charge is -2.37. The Bertz CT molecular complexity index is 1310. The molecule has 33 heavy (non-hydrogen) atoms. The number of fused-ring (bicyclic) bond motifs is 3. The maximum absolute atomic E-state index is 13.3. The Hall–Kier alpha value is -3.45. The quantitative estimate of drug-likeness (QED) is 0.484. The Morgan fingerprint density at radius 2 is 1.79 bits per heavy atom. The third kappa shape index (κ3) is 3.93. The van der Waals surface area contributed by atoms with Crippen molar-refractivity contribution in [1.29, 1.82) is 0 Å². The van der Waals surface area contributed by atoms with Gasteiger partial charge in [-0.25, -0.2) is 8.42 Å². The van der Waals surface area contributed by atoms with Crippen LogP contribution in [0.1, 0.15) is 29.5 Å². The van der Waals surface area contributed by atoms with Crippen LogP contribution >= 0.6 is 0 Å². The van der Waals surface area contributed by atoms with E-state index in [2.05, 4.69) is 46.5 Å². The second-order valence-electron chi connectivity index (χ2n) is 8.31. The van der Waals surface area contributed by atoms with Crippen LogP contribution in [0.25, 0.3) is 0 Å². The van der Waals surface area contributed by atoms with Gasteiger partial charge in [0, 0.05) is 17.7 Å². The molecule has 0 unspecified atom stereocenters. The molecule has 0 saturated heterocycles. The van der Waals surface area contributed by atoms with Crippen molar-refractivity contribution in [3.8, 4) is 11.5 Å². The Balaban J connectivity index is 1.49. The lowest BCUT2D eigenvalue weighted by molar-refractivity contribution is 0.405. The number of benzene rings is 3. The summed E-state index contributed by atoms with van der Waals surface area (Å²) in [5.41, 5.74) is 3.54. The summed E-state index contributed by atoms with van der Waals surface area (Å²) >= 11 is 0. The lowest BCUT2D eigenvalue weighted by Crippen LogP contribution is -2.29. The predicted molar refractivity (Wildman–Crippen MR) is 130 cm³/mol. The molecule has 1 aliphatic carbocycles. The van der Waals surface area contributed by atoms with Crippen molar-refractivity contribution in [2.45, 2.75) is 23.3 Å². The number of allylic oxidation sites excluding steroid dienone is 2. The van der Waals surface area contributed by atoms with E-state index in [0.29, 0.717) is 23.1 Å². The van der Waals surface area contributed by atoms with E-state index in [-0.39, 0.29) is 16.9 Å². The lowest BCUT2D eigenvalue weighted by atomic mass is 9.77. The van der Waals surface area contributed by atoms with Gasteiger partial charge in [-0.2, -0.15) is 0 Å². The monoisotopic (exact) mass is 462 g/mol. The highest BCUT2D eigenvalue weighted by Crippen LogP contribution is 2.50. The smallest absolute Gasteiger partial charge is 0.262 e. The SMILES string of the molecule is COc1ccc(OC)c(NS(=O)(=O)c2ccc3c(c2)[C@H]2C=CC[C@H]2[C@@H](c2ccccc2)N3)c1. The van der Waals surface area contributed by atoms with E-state index in [9.17, 15) is 8.42 Å². The Morgan fingerprint density at radius 1 is 0.970 bits per heavy atom. The van der Waals surface area contributed by atoms with Crippen LogP contribution in [-0.2, 0) is 10.0 Å². The molecule has 3 atom stereocenters. The molecular formula is C26H26N2O4S.